The fourth-order valence-electron chi connectivity index (χ4n) is 1.79. The van der Waals surface area contributed by atoms with Gasteiger partial charge in [0, 0.05) is 11.1 Å². The number of hydrogen-bond donors (Lipinski definition) is 2. The highest BCUT2D eigenvalue weighted by molar-refractivity contribution is 7.16. The Morgan fingerprint density at radius 1 is 1.40 bits per heavy atom. The SMILES string of the molecule is Cc1cc(C(=O)O)c(NC(=O)Cc2ncccc2C)s1. The Labute approximate surface area is 120 Å². The van der Waals surface area contributed by atoms with Crippen molar-refractivity contribution >= 4 is 28.2 Å². The molecule has 20 heavy (non-hydrogen) atoms. The summed E-state index contributed by atoms with van der Waals surface area (Å²) in [6.45, 7) is 3.68. The molecule has 0 saturated heterocycles. The van der Waals surface area contributed by atoms with Crippen LogP contribution in [0.1, 0.15) is 26.5 Å². The van der Waals surface area contributed by atoms with E-state index < -0.39 is 5.97 Å². The number of nitrogens with one attached hydrogen (secondary N) is 1. The molecule has 0 aliphatic heterocycles. The molecule has 1 amide bonds. The Kier molecular flexibility index (Phi) is 4.14. The number of amides is 1. The Balaban J connectivity index is 2.13. The normalized spacial score (nSPS) is 10.3. The second kappa shape index (κ2) is 5.83. The van der Waals surface area contributed by atoms with Crippen LogP contribution in [0.15, 0.2) is 24.4 Å². The summed E-state index contributed by atoms with van der Waals surface area (Å²) in [5.74, 6) is -1.31. The first kappa shape index (κ1) is 14.2. The molecule has 0 atom stereocenters. The minimum Gasteiger partial charge on any atom is -0.478 e. The summed E-state index contributed by atoms with van der Waals surface area (Å²) in [5, 5.41) is 12.1. The maximum atomic E-state index is 12.0. The predicted octanol–water partition coefficient (Wildman–Crippen LogP) is 2.64. The number of carbonyl (C=O) groups excluding carboxylic acids is 1. The number of carboxylic acids is 1. The second-order valence-corrected chi connectivity index (χ2v) is 5.65. The third-order valence-corrected chi connectivity index (χ3v) is 3.75. The number of thiophene rings is 1. The number of hydrogen-bond acceptors (Lipinski definition) is 4. The lowest BCUT2D eigenvalue weighted by Gasteiger charge is -2.05. The van der Waals surface area contributed by atoms with Gasteiger partial charge in [0.15, 0.2) is 0 Å². The van der Waals surface area contributed by atoms with Crippen LogP contribution >= 0.6 is 11.3 Å². The number of aromatic nitrogens is 1. The Hall–Kier alpha value is -2.21. The van der Waals surface area contributed by atoms with Crippen LogP contribution in [0.25, 0.3) is 0 Å². The van der Waals surface area contributed by atoms with Crippen molar-refractivity contribution in [1.82, 2.24) is 4.98 Å². The third kappa shape index (κ3) is 3.21. The first-order valence-electron chi connectivity index (χ1n) is 6.01. The van der Waals surface area contributed by atoms with Gasteiger partial charge in [0.25, 0.3) is 0 Å². The van der Waals surface area contributed by atoms with Crippen LogP contribution in [0.3, 0.4) is 0 Å². The second-order valence-electron chi connectivity index (χ2n) is 4.40. The zero-order chi connectivity index (χ0) is 14.7. The zero-order valence-corrected chi connectivity index (χ0v) is 12.0. The van der Waals surface area contributed by atoms with Gasteiger partial charge in [0.1, 0.15) is 5.00 Å². The first-order valence-corrected chi connectivity index (χ1v) is 6.83. The minimum atomic E-state index is -1.04. The van der Waals surface area contributed by atoms with Gasteiger partial charge in [-0.2, -0.15) is 0 Å². The number of aryl methyl sites for hydroxylation is 2. The highest BCUT2D eigenvalue weighted by Crippen LogP contribution is 2.27. The van der Waals surface area contributed by atoms with Crippen LogP contribution in [0.4, 0.5) is 5.00 Å². The number of anilines is 1. The molecule has 0 aromatic carbocycles. The van der Waals surface area contributed by atoms with Crippen molar-refractivity contribution in [3.8, 4) is 0 Å². The van der Waals surface area contributed by atoms with Crippen molar-refractivity contribution in [2.24, 2.45) is 0 Å². The largest absolute Gasteiger partial charge is 0.478 e. The molecule has 0 saturated carbocycles. The standard InChI is InChI=1S/C14H14N2O3S/c1-8-4-3-5-15-11(8)7-12(17)16-13-10(14(18)19)6-9(2)20-13/h3-6H,7H2,1-2H3,(H,16,17)(H,18,19). The quantitative estimate of drug-likeness (QED) is 0.907. The zero-order valence-electron chi connectivity index (χ0n) is 11.1. The van der Waals surface area contributed by atoms with Gasteiger partial charge >= 0.3 is 5.97 Å². The molecule has 5 nitrogen and oxygen atoms in total. The molecule has 0 radical (unpaired) electrons. The lowest BCUT2D eigenvalue weighted by Crippen LogP contribution is -2.16. The van der Waals surface area contributed by atoms with E-state index in [9.17, 15) is 9.59 Å². The van der Waals surface area contributed by atoms with Gasteiger partial charge in [0.2, 0.25) is 5.91 Å². The van der Waals surface area contributed by atoms with Gasteiger partial charge in [-0.25, -0.2) is 4.79 Å². The molecule has 0 fully saturated rings. The summed E-state index contributed by atoms with van der Waals surface area (Å²) in [5.41, 5.74) is 1.75. The van der Waals surface area contributed by atoms with Crippen molar-refractivity contribution in [2.75, 3.05) is 5.32 Å². The summed E-state index contributed by atoms with van der Waals surface area (Å²) >= 11 is 1.25. The fraction of sp³-hybridized carbons (Fsp3) is 0.214. The predicted molar refractivity (Wildman–Crippen MR) is 77.3 cm³/mol. The van der Waals surface area contributed by atoms with Crippen molar-refractivity contribution in [3.63, 3.8) is 0 Å². The molecule has 6 heteroatoms. The van der Waals surface area contributed by atoms with E-state index in [0.29, 0.717) is 10.7 Å². The van der Waals surface area contributed by atoms with Gasteiger partial charge in [-0.15, -0.1) is 11.3 Å². The van der Waals surface area contributed by atoms with E-state index in [1.807, 2.05) is 19.1 Å². The van der Waals surface area contributed by atoms with Crippen LogP contribution in [-0.2, 0) is 11.2 Å². The molecule has 0 bridgehead atoms. The highest BCUT2D eigenvalue weighted by Gasteiger charge is 2.16. The van der Waals surface area contributed by atoms with E-state index in [4.69, 9.17) is 5.11 Å². The number of nitrogens with zero attached hydrogens (tertiary/aromatic N) is 1. The number of carboxylic acid groups (broad SMARTS) is 1. The first-order chi connectivity index (χ1) is 9.47. The molecule has 0 spiro atoms. The van der Waals surface area contributed by atoms with E-state index in [1.54, 1.807) is 19.2 Å². The van der Waals surface area contributed by atoms with E-state index >= 15 is 0 Å². The lowest BCUT2D eigenvalue weighted by atomic mass is 10.1. The van der Waals surface area contributed by atoms with Gasteiger partial charge in [-0.05, 0) is 31.5 Å². The van der Waals surface area contributed by atoms with E-state index in [0.717, 1.165) is 10.4 Å². The Bertz CT molecular complexity index is 664. The monoisotopic (exact) mass is 290 g/mol. The Morgan fingerprint density at radius 3 is 2.80 bits per heavy atom. The molecular weight excluding hydrogens is 276 g/mol. The number of pyridine rings is 1. The summed E-state index contributed by atoms with van der Waals surface area (Å²) < 4.78 is 0. The lowest BCUT2D eigenvalue weighted by molar-refractivity contribution is -0.115. The van der Waals surface area contributed by atoms with Crippen LogP contribution < -0.4 is 5.32 Å². The maximum absolute atomic E-state index is 12.0. The molecule has 2 heterocycles. The molecule has 0 unspecified atom stereocenters. The van der Waals surface area contributed by atoms with Crippen LogP contribution in [0.5, 0.6) is 0 Å². The summed E-state index contributed by atoms with van der Waals surface area (Å²) in [4.78, 5) is 28.0. The topological polar surface area (TPSA) is 79.3 Å². The van der Waals surface area contributed by atoms with Crippen molar-refractivity contribution in [2.45, 2.75) is 20.3 Å². The summed E-state index contributed by atoms with van der Waals surface area (Å²) in [7, 11) is 0. The molecule has 2 aromatic heterocycles. The van der Waals surface area contributed by atoms with Crippen molar-refractivity contribution in [3.05, 3.63) is 46.1 Å². The minimum absolute atomic E-state index is 0.124. The summed E-state index contributed by atoms with van der Waals surface area (Å²) in [6, 6.07) is 5.24. The number of carbonyl (C=O) groups is 2. The highest BCUT2D eigenvalue weighted by atomic mass is 32.1. The molecule has 0 aliphatic carbocycles. The molecule has 2 rings (SSSR count). The van der Waals surface area contributed by atoms with Crippen molar-refractivity contribution in [1.29, 1.82) is 0 Å². The van der Waals surface area contributed by atoms with E-state index in [2.05, 4.69) is 10.3 Å². The maximum Gasteiger partial charge on any atom is 0.338 e. The molecular formula is C14H14N2O3S. The molecule has 2 N–H and O–H groups in total. The van der Waals surface area contributed by atoms with Crippen molar-refractivity contribution < 1.29 is 14.7 Å². The van der Waals surface area contributed by atoms with Gasteiger partial charge in [-0.1, -0.05) is 6.07 Å². The van der Waals surface area contributed by atoms with Crippen LogP contribution in [0.2, 0.25) is 0 Å². The van der Waals surface area contributed by atoms with E-state index in [-0.39, 0.29) is 17.9 Å². The molecule has 0 aliphatic rings. The average molecular weight is 290 g/mol. The smallest absolute Gasteiger partial charge is 0.338 e. The van der Waals surface area contributed by atoms with Gasteiger partial charge in [0.05, 0.1) is 17.7 Å². The van der Waals surface area contributed by atoms with Gasteiger partial charge in [-0.3, -0.25) is 9.78 Å². The van der Waals surface area contributed by atoms with E-state index in [1.165, 1.54) is 11.3 Å². The van der Waals surface area contributed by atoms with Crippen LogP contribution in [0, 0.1) is 13.8 Å². The van der Waals surface area contributed by atoms with Gasteiger partial charge < -0.3 is 10.4 Å². The Morgan fingerprint density at radius 2 is 2.15 bits per heavy atom. The average Bonchev–Trinajstić information content (AvgIpc) is 2.73. The molecule has 2 aromatic rings. The number of rotatable bonds is 4. The molecule has 104 valence electrons. The number of aromatic carboxylic acids is 1. The fourth-order valence-corrected chi connectivity index (χ4v) is 2.71. The summed E-state index contributed by atoms with van der Waals surface area (Å²) in [6.07, 6.45) is 1.76. The van der Waals surface area contributed by atoms with Crippen LogP contribution in [-0.4, -0.2) is 22.0 Å². The third-order valence-electron chi connectivity index (χ3n) is 2.78.